The molecule has 0 aliphatic carbocycles. The molecule has 92 valence electrons. The van der Waals surface area contributed by atoms with E-state index in [0.717, 1.165) is 37.1 Å². The Labute approximate surface area is 102 Å². The molecule has 0 N–H and O–H groups in total. The van der Waals surface area contributed by atoms with Gasteiger partial charge in [0.15, 0.2) is 0 Å². The molecule has 0 spiro atoms. The highest BCUT2D eigenvalue weighted by molar-refractivity contribution is 5.83. The van der Waals surface area contributed by atoms with E-state index in [-0.39, 0.29) is 11.8 Å². The fraction of sp³-hybridized carbons (Fsp3) is 0.500. The summed E-state index contributed by atoms with van der Waals surface area (Å²) in [6, 6.07) is 7.85. The third-order valence-electron chi connectivity index (χ3n) is 3.41. The van der Waals surface area contributed by atoms with Gasteiger partial charge in [0.2, 0.25) is 5.91 Å². The molecular formula is C14H19NO2. The SMILES string of the molecule is COc1cccc([C@@H]2CCCCN(C)C2=O)c1. The molecule has 3 nitrogen and oxygen atoms in total. The number of likely N-dealkylation sites (tertiary alicyclic amines) is 1. The Morgan fingerprint density at radius 3 is 2.94 bits per heavy atom. The predicted molar refractivity (Wildman–Crippen MR) is 67.2 cm³/mol. The Balaban J connectivity index is 2.26. The van der Waals surface area contributed by atoms with Crippen molar-refractivity contribution in [3.63, 3.8) is 0 Å². The van der Waals surface area contributed by atoms with Gasteiger partial charge in [-0.3, -0.25) is 4.79 Å². The van der Waals surface area contributed by atoms with Crippen LogP contribution in [-0.4, -0.2) is 31.5 Å². The molecule has 1 amide bonds. The van der Waals surface area contributed by atoms with Crippen molar-refractivity contribution in [1.82, 2.24) is 4.90 Å². The zero-order valence-corrected chi connectivity index (χ0v) is 10.5. The highest BCUT2D eigenvalue weighted by Gasteiger charge is 2.26. The van der Waals surface area contributed by atoms with Crippen LogP contribution >= 0.6 is 0 Å². The van der Waals surface area contributed by atoms with E-state index in [1.807, 2.05) is 36.2 Å². The molecule has 17 heavy (non-hydrogen) atoms. The quantitative estimate of drug-likeness (QED) is 0.785. The first-order valence-corrected chi connectivity index (χ1v) is 6.11. The molecule has 1 aromatic rings. The summed E-state index contributed by atoms with van der Waals surface area (Å²) in [6.07, 6.45) is 3.15. The lowest BCUT2D eigenvalue weighted by molar-refractivity contribution is -0.130. The van der Waals surface area contributed by atoms with Crippen LogP contribution < -0.4 is 4.74 Å². The summed E-state index contributed by atoms with van der Waals surface area (Å²) < 4.78 is 5.21. The van der Waals surface area contributed by atoms with Gasteiger partial charge in [0.1, 0.15) is 5.75 Å². The van der Waals surface area contributed by atoms with Gasteiger partial charge >= 0.3 is 0 Å². The van der Waals surface area contributed by atoms with Gasteiger partial charge in [0.05, 0.1) is 13.0 Å². The molecule has 3 heteroatoms. The van der Waals surface area contributed by atoms with Crippen LogP contribution in [0.25, 0.3) is 0 Å². The summed E-state index contributed by atoms with van der Waals surface area (Å²) in [5.41, 5.74) is 1.07. The Morgan fingerprint density at radius 2 is 2.18 bits per heavy atom. The van der Waals surface area contributed by atoms with Crippen molar-refractivity contribution in [3.05, 3.63) is 29.8 Å². The topological polar surface area (TPSA) is 29.5 Å². The maximum Gasteiger partial charge on any atom is 0.229 e. The number of nitrogens with zero attached hydrogens (tertiary/aromatic N) is 1. The van der Waals surface area contributed by atoms with Crippen LogP contribution in [0.5, 0.6) is 5.75 Å². The van der Waals surface area contributed by atoms with E-state index in [1.165, 1.54) is 0 Å². The maximum absolute atomic E-state index is 12.2. The van der Waals surface area contributed by atoms with Crippen molar-refractivity contribution in [2.24, 2.45) is 0 Å². The molecule has 1 aliphatic rings. The van der Waals surface area contributed by atoms with Gasteiger partial charge in [-0.25, -0.2) is 0 Å². The summed E-state index contributed by atoms with van der Waals surface area (Å²) in [5.74, 6) is 1.05. The minimum Gasteiger partial charge on any atom is -0.497 e. The highest BCUT2D eigenvalue weighted by atomic mass is 16.5. The van der Waals surface area contributed by atoms with Gasteiger partial charge in [0.25, 0.3) is 0 Å². The predicted octanol–water partition coefficient (Wildman–Crippen LogP) is 2.42. The average molecular weight is 233 g/mol. The summed E-state index contributed by atoms with van der Waals surface area (Å²) in [7, 11) is 3.54. The third-order valence-corrected chi connectivity index (χ3v) is 3.41. The molecule has 1 saturated heterocycles. The van der Waals surface area contributed by atoms with E-state index >= 15 is 0 Å². The van der Waals surface area contributed by atoms with Crippen LogP contribution in [-0.2, 0) is 4.79 Å². The third kappa shape index (κ3) is 2.60. The average Bonchev–Trinajstić information content (AvgIpc) is 2.53. The Hall–Kier alpha value is -1.51. The van der Waals surface area contributed by atoms with Gasteiger partial charge in [-0.15, -0.1) is 0 Å². The number of carbonyl (C=O) groups is 1. The van der Waals surface area contributed by atoms with Crippen molar-refractivity contribution in [1.29, 1.82) is 0 Å². The second-order valence-electron chi connectivity index (χ2n) is 4.58. The van der Waals surface area contributed by atoms with Crippen LogP contribution in [0.2, 0.25) is 0 Å². The van der Waals surface area contributed by atoms with E-state index in [2.05, 4.69) is 0 Å². The van der Waals surface area contributed by atoms with Gasteiger partial charge < -0.3 is 9.64 Å². The minimum absolute atomic E-state index is 0.00222. The zero-order valence-electron chi connectivity index (χ0n) is 10.5. The Bertz CT molecular complexity index is 403. The number of hydrogen-bond donors (Lipinski definition) is 0. The largest absolute Gasteiger partial charge is 0.497 e. The standard InChI is InChI=1S/C14H19NO2/c1-15-9-4-3-8-13(14(15)16)11-6-5-7-12(10-11)17-2/h5-7,10,13H,3-4,8-9H2,1-2H3/t13-/m0/s1. The number of ether oxygens (including phenoxy) is 1. The lowest BCUT2D eigenvalue weighted by atomic mass is 9.93. The Kier molecular flexibility index (Phi) is 3.67. The molecule has 1 aliphatic heterocycles. The van der Waals surface area contributed by atoms with Crippen molar-refractivity contribution in [3.8, 4) is 5.75 Å². The number of carbonyl (C=O) groups excluding carboxylic acids is 1. The highest BCUT2D eigenvalue weighted by Crippen LogP contribution is 2.29. The van der Waals surface area contributed by atoms with Crippen LogP contribution in [0.1, 0.15) is 30.7 Å². The molecule has 0 saturated carbocycles. The molecule has 1 atom stereocenters. The van der Waals surface area contributed by atoms with E-state index in [9.17, 15) is 4.79 Å². The normalized spacial score (nSPS) is 21.2. The summed E-state index contributed by atoms with van der Waals surface area (Å²) in [6.45, 7) is 0.874. The molecular weight excluding hydrogens is 214 g/mol. The van der Waals surface area contributed by atoms with Gasteiger partial charge in [0, 0.05) is 13.6 Å². The van der Waals surface area contributed by atoms with Crippen molar-refractivity contribution in [2.75, 3.05) is 20.7 Å². The Morgan fingerprint density at radius 1 is 1.35 bits per heavy atom. The molecule has 1 heterocycles. The second kappa shape index (κ2) is 5.21. The number of hydrogen-bond acceptors (Lipinski definition) is 2. The van der Waals surface area contributed by atoms with E-state index < -0.39 is 0 Å². The number of likely N-dealkylation sites (N-methyl/N-ethyl adjacent to an activating group) is 1. The van der Waals surface area contributed by atoms with Crippen LogP contribution in [0, 0.1) is 0 Å². The fourth-order valence-corrected chi connectivity index (χ4v) is 2.36. The molecule has 1 fully saturated rings. The van der Waals surface area contributed by atoms with Crippen LogP contribution in [0.4, 0.5) is 0 Å². The molecule has 0 aromatic heterocycles. The van der Waals surface area contributed by atoms with Crippen LogP contribution in [0.15, 0.2) is 24.3 Å². The smallest absolute Gasteiger partial charge is 0.229 e. The summed E-state index contributed by atoms with van der Waals surface area (Å²) in [5, 5.41) is 0. The summed E-state index contributed by atoms with van der Waals surface area (Å²) in [4.78, 5) is 14.1. The molecule has 0 radical (unpaired) electrons. The number of methoxy groups -OCH3 is 1. The molecule has 2 rings (SSSR count). The lowest BCUT2D eigenvalue weighted by Gasteiger charge is -2.20. The first-order chi connectivity index (χ1) is 8.22. The number of rotatable bonds is 2. The van der Waals surface area contributed by atoms with E-state index in [0.29, 0.717) is 0 Å². The lowest BCUT2D eigenvalue weighted by Crippen LogP contribution is -2.30. The van der Waals surface area contributed by atoms with Gasteiger partial charge in [-0.2, -0.15) is 0 Å². The minimum atomic E-state index is -0.00222. The van der Waals surface area contributed by atoms with Crippen molar-refractivity contribution in [2.45, 2.75) is 25.2 Å². The second-order valence-corrected chi connectivity index (χ2v) is 4.58. The summed E-state index contributed by atoms with van der Waals surface area (Å²) >= 11 is 0. The molecule has 0 bridgehead atoms. The van der Waals surface area contributed by atoms with Crippen LogP contribution in [0.3, 0.4) is 0 Å². The van der Waals surface area contributed by atoms with Gasteiger partial charge in [-0.1, -0.05) is 18.6 Å². The molecule has 0 unspecified atom stereocenters. The number of benzene rings is 1. The molecule has 1 aromatic carbocycles. The van der Waals surface area contributed by atoms with Crippen molar-refractivity contribution < 1.29 is 9.53 Å². The van der Waals surface area contributed by atoms with Crippen molar-refractivity contribution >= 4 is 5.91 Å². The first kappa shape index (κ1) is 12.0. The fourth-order valence-electron chi connectivity index (χ4n) is 2.36. The zero-order chi connectivity index (χ0) is 12.3. The van der Waals surface area contributed by atoms with E-state index in [1.54, 1.807) is 7.11 Å². The first-order valence-electron chi connectivity index (χ1n) is 6.11. The maximum atomic E-state index is 12.2. The number of amides is 1. The van der Waals surface area contributed by atoms with E-state index in [4.69, 9.17) is 4.74 Å². The van der Waals surface area contributed by atoms with Gasteiger partial charge in [-0.05, 0) is 30.5 Å². The monoisotopic (exact) mass is 233 g/mol.